The van der Waals surface area contributed by atoms with E-state index in [1.54, 1.807) is 24.4 Å². The number of hydrogen-bond donors (Lipinski definition) is 0. The molecule has 0 aromatic heterocycles. The van der Waals surface area contributed by atoms with Gasteiger partial charge in [0.2, 0.25) is 0 Å². The molecule has 2 aromatic rings. The second-order valence-corrected chi connectivity index (χ2v) is 4.04. The molecule has 0 bridgehead atoms. The molecule has 0 radical (unpaired) electrons. The maximum absolute atomic E-state index is 11.8. The van der Waals surface area contributed by atoms with Gasteiger partial charge >= 0.3 is 5.97 Å². The Morgan fingerprint density at radius 3 is 2.84 bits per heavy atom. The predicted molar refractivity (Wildman–Crippen MR) is 71.6 cm³/mol. The van der Waals surface area contributed by atoms with Gasteiger partial charge in [-0.1, -0.05) is 18.2 Å². The number of nitrogens with zero attached hydrogens (tertiary/aromatic N) is 1. The zero-order valence-corrected chi connectivity index (χ0v) is 10.3. The van der Waals surface area contributed by atoms with Crippen LogP contribution < -0.4 is 4.74 Å². The fourth-order valence-electron chi connectivity index (χ4n) is 1.93. The van der Waals surface area contributed by atoms with Crippen molar-refractivity contribution in [3.8, 4) is 11.5 Å². The Morgan fingerprint density at radius 2 is 2.00 bits per heavy atom. The Kier molecular flexibility index (Phi) is 2.76. The molecule has 0 saturated heterocycles. The lowest BCUT2D eigenvalue weighted by atomic mass is 10.1. The van der Waals surface area contributed by atoms with Crippen molar-refractivity contribution in [3.05, 3.63) is 53.6 Å². The van der Waals surface area contributed by atoms with Crippen LogP contribution in [0, 0.1) is 0 Å². The molecule has 1 aliphatic rings. The van der Waals surface area contributed by atoms with Crippen LogP contribution in [0.15, 0.2) is 47.5 Å². The van der Waals surface area contributed by atoms with Crippen LogP contribution >= 0.6 is 0 Å². The van der Waals surface area contributed by atoms with Gasteiger partial charge < -0.3 is 9.47 Å². The summed E-state index contributed by atoms with van der Waals surface area (Å²) in [4.78, 5) is 16.1. The van der Waals surface area contributed by atoms with E-state index in [1.807, 2.05) is 24.3 Å². The zero-order chi connectivity index (χ0) is 13.2. The molecule has 1 heterocycles. The average Bonchev–Trinajstić information content (AvgIpc) is 2.65. The highest BCUT2D eigenvalue weighted by molar-refractivity contribution is 5.96. The van der Waals surface area contributed by atoms with E-state index in [4.69, 9.17) is 9.47 Å². The number of aliphatic imine (C=N–C) groups is 1. The molecule has 0 amide bonds. The number of benzene rings is 2. The molecule has 0 atom stereocenters. The van der Waals surface area contributed by atoms with E-state index >= 15 is 0 Å². The summed E-state index contributed by atoms with van der Waals surface area (Å²) in [5.74, 6) is 0.656. The van der Waals surface area contributed by atoms with E-state index in [-0.39, 0.29) is 0 Å². The van der Waals surface area contributed by atoms with Crippen molar-refractivity contribution in [2.24, 2.45) is 4.99 Å². The summed E-state index contributed by atoms with van der Waals surface area (Å²) in [5.41, 5.74) is 1.85. The van der Waals surface area contributed by atoms with Gasteiger partial charge in [-0.2, -0.15) is 0 Å². The van der Waals surface area contributed by atoms with E-state index < -0.39 is 5.97 Å². The highest BCUT2D eigenvalue weighted by atomic mass is 16.5. The van der Waals surface area contributed by atoms with Crippen molar-refractivity contribution in [2.45, 2.75) is 0 Å². The number of para-hydroxylation sites is 2. The first-order valence-electron chi connectivity index (χ1n) is 5.82. The number of fused-ring (bicyclic) bond motifs is 2. The normalized spacial score (nSPS) is 11.8. The first-order valence-corrected chi connectivity index (χ1v) is 5.82. The molecule has 0 saturated carbocycles. The van der Waals surface area contributed by atoms with E-state index in [2.05, 4.69) is 4.99 Å². The minimum atomic E-state index is -0.438. The van der Waals surface area contributed by atoms with Crippen molar-refractivity contribution in [2.75, 3.05) is 7.11 Å². The van der Waals surface area contributed by atoms with Crippen LogP contribution in [0.1, 0.15) is 15.9 Å². The lowest BCUT2D eigenvalue weighted by Gasteiger charge is -2.11. The van der Waals surface area contributed by atoms with Crippen LogP contribution in [-0.4, -0.2) is 19.3 Å². The molecule has 0 N–H and O–H groups in total. The predicted octanol–water partition coefficient (Wildman–Crippen LogP) is 3.33. The molecule has 3 rings (SSSR count). The first-order chi connectivity index (χ1) is 9.29. The molecule has 0 unspecified atom stereocenters. The van der Waals surface area contributed by atoms with E-state index in [0.717, 1.165) is 5.56 Å². The van der Waals surface area contributed by atoms with Gasteiger partial charge in [-0.25, -0.2) is 4.79 Å². The summed E-state index contributed by atoms with van der Waals surface area (Å²) in [6, 6.07) is 12.7. The highest BCUT2D eigenvalue weighted by Gasteiger charge is 2.19. The van der Waals surface area contributed by atoms with Crippen molar-refractivity contribution in [3.63, 3.8) is 0 Å². The first kappa shape index (κ1) is 11.5. The van der Waals surface area contributed by atoms with E-state index in [1.165, 1.54) is 7.11 Å². The Morgan fingerprint density at radius 1 is 1.16 bits per heavy atom. The van der Waals surface area contributed by atoms with E-state index in [9.17, 15) is 4.79 Å². The van der Waals surface area contributed by atoms with Gasteiger partial charge in [0.25, 0.3) is 0 Å². The molecule has 2 aromatic carbocycles. The monoisotopic (exact) mass is 253 g/mol. The highest BCUT2D eigenvalue weighted by Crippen LogP contribution is 2.38. The standard InChI is InChI=1S/C15H11NO3/c1-18-15(17)11-6-4-7-12-14(11)19-13-8-3-2-5-10(13)9-16-12/h2-9H,1H3. The molecule has 0 spiro atoms. The molecule has 4 heteroatoms. The van der Waals surface area contributed by atoms with Crippen LogP contribution in [0.5, 0.6) is 11.5 Å². The Balaban J connectivity index is 2.17. The number of esters is 1. The maximum Gasteiger partial charge on any atom is 0.341 e. The van der Waals surface area contributed by atoms with Gasteiger partial charge in [-0.15, -0.1) is 0 Å². The summed E-state index contributed by atoms with van der Waals surface area (Å²) in [6.07, 6.45) is 1.72. The Hall–Kier alpha value is -2.62. The summed E-state index contributed by atoms with van der Waals surface area (Å²) in [6.45, 7) is 0. The number of methoxy groups -OCH3 is 1. The number of ether oxygens (including phenoxy) is 2. The van der Waals surface area contributed by atoms with Crippen molar-refractivity contribution >= 4 is 17.9 Å². The van der Waals surface area contributed by atoms with Crippen LogP contribution in [-0.2, 0) is 4.74 Å². The molecule has 4 nitrogen and oxygen atoms in total. The van der Waals surface area contributed by atoms with Crippen molar-refractivity contribution in [1.29, 1.82) is 0 Å². The van der Waals surface area contributed by atoms with Gasteiger partial charge in [0.1, 0.15) is 17.0 Å². The second-order valence-electron chi connectivity index (χ2n) is 4.04. The van der Waals surface area contributed by atoms with Crippen molar-refractivity contribution < 1.29 is 14.3 Å². The fraction of sp³-hybridized carbons (Fsp3) is 0.0667. The van der Waals surface area contributed by atoms with Gasteiger partial charge in [-0.05, 0) is 24.3 Å². The number of carbonyl (C=O) groups is 1. The lowest BCUT2D eigenvalue weighted by Crippen LogP contribution is -2.03. The van der Waals surface area contributed by atoms with Gasteiger partial charge in [0.15, 0.2) is 5.75 Å². The van der Waals surface area contributed by atoms with Gasteiger partial charge in [0.05, 0.1) is 7.11 Å². The summed E-state index contributed by atoms with van der Waals surface area (Å²) in [7, 11) is 1.34. The van der Waals surface area contributed by atoms with Crippen LogP contribution in [0.3, 0.4) is 0 Å². The molecule has 0 fully saturated rings. The Bertz CT molecular complexity index is 677. The zero-order valence-electron chi connectivity index (χ0n) is 10.3. The minimum absolute atomic E-state index is 0.369. The summed E-state index contributed by atoms with van der Waals surface area (Å²) >= 11 is 0. The summed E-state index contributed by atoms with van der Waals surface area (Å²) < 4.78 is 10.6. The molecular formula is C15H11NO3. The smallest absolute Gasteiger partial charge is 0.341 e. The topological polar surface area (TPSA) is 47.9 Å². The van der Waals surface area contributed by atoms with Crippen LogP contribution in [0.2, 0.25) is 0 Å². The third-order valence-electron chi connectivity index (χ3n) is 2.87. The second kappa shape index (κ2) is 4.57. The lowest BCUT2D eigenvalue weighted by molar-refractivity contribution is 0.0598. The van der Waals surface area contributed by atoms with Crippen molar-refractivity contribution in [1.82, 2.24) is 0 Å². The SMILES string of the molecule is COC(=O)c1cccc2c1Oc1ccccc1C=N2. The third kappa shape index (κ3) is 1.97. The fourth-order valence-corrected chi connectivity index (χ4v) is 1.93. The number of carbonyl (C=O) groups excluding carboxylic acids is 1. The quantitative estimate of drug-likeness (QED) is 0.625. The number of rotatable bonds is 1. The molecule has 19 heavy (non-hydrogen) atoms. The summed E-state index contributed by atoms with van der Waals surface area (Å²) in [5, 5.41) is 0. The largest absolute Gasteiger partial charge is 0.465 e. The Labute approximate surface area is 110 Å². The van der Waals surface area contributed by atoms with Gasteiger partial charge in [0, 0.05) is 11.8 Å². The molecule has 1 aliphatic heterocycles. The van der Waals surface area contributed by atoms with E-state index in [0.29, 0.717) is 22.7 Å². The molecule has 94 valence electrons. The average molecular weight is 253 g/mol. The number of hydrogen-bond acceptors (Lipinski definition) is 4. The minimum Gasteiger partial charge on any atom is -0.465 e. The van der Waals surface area contributed by atoms with Gasteiger partial charge in [-0.3, -0.25) is 4.99 Å². The molecular weight excluding hydrogens is 242 g/mol. The van der Waals surface area contributed by atoms with Crippen LogP contribution in [0.25, 0.3) is 0 Å². The van der Waals surface area contributed by atoms with Crippen LogP contribution in [0.4, 0.5) is 5.69 Å². The third-order valence-corrected chi connectivity index (χ3v) is 2.87. The molecule has 0 aliphatic carbocycles. The maximum atomic E-state index is 11.8.